The van der Waals surface area contributed by atoms with Crippen molar-refractivity contribution in [3.8, 4) is 6.07 Å². The SMILES string of the molecule is Cc1cc(CNc2ccc(Br)cc2C#N)no1. The molecule has 0 spiro atoms. The van der Waals surface area contributed by atoms with Crippen molar-refractivity contribution in [1.29, 1.82) is 5.26 Å². The predicted octanol–water partition coefficient (Wildman–Crippen LogP) is 3.23. The molecule has 0 unspecified atom stereocenters. The summed E-state index contributed by atoms with van der Waals surface area (Å²) in [6, 6.07) is 9.52. The Hall–Kier alpha value is -1.80. The van der Waals surface area contributed by atoms with E-state index in [0.717, 1.165) is 21.6 Å². The minimum atomic E-state index is 0.535. The van der Waals surface area contributed by atoms with E-state index in [2.05, 4.69) is 32.5 Å². The molecule has 0 aliphatic carbocycles. The maximum atomic E-state index is 9.00. The number of nitriles is 1. The Bertz CT molecular complexity index is 571. The van der Waals surface area contributed by atoms with E-state index in [9.17, 15) is 0 Å². The van der Waals surface area contributed by atoms with Gasteiger partial charge in [-0.1, -0.05) is 21.1 Å². The second-order valence-electron chi connectivity index (χ2n) is 3.58. The van der Waals surface area contributed by atoms with Gasteiger partial charge < -0.3 is 9.84 Å². The summed E-state index contributed by atoms with van der Waals surface area (Å²) >= 11 is 3.33. The Morgan fingerprint density at radius 2 is 2.29 bits per heavy atom. The lowest BCUT2D eigenvalue weighted by atomic mass is 10.2. The normalized spacial score (nSPS) is 9.94. The number of hydrogen-bond donors (Lipinski definition) is 1. The van der Waals surface area contributed by atoms with Crippen molar-refractivity contribution in [1.82, 2.24) is 5.16 Å². The van der Waals surface area contributed by atoms with E-state index in [4.69, 9.17) is 9.78 Å². The van der Waals surface area contributed by atoms with E-state index >= 15 is 0 Å². The highest BCUT2D eigenvalue weighted by molar-refractivity contribution is 9.10. The van der Waals surface area contributed by atoms with E-state index in [-0.39, 0.29) is 0 Å². The molecule has 0 fully saturated rings. The molecule has 0 aliphatic heterocycles. The van der Waals surface area contributed by atoms with Crippen LogP contribution in [0.5, 0.6) is 0 Å². The summed E-state index contributed by atoms with van der Waals surface area (Å²) in [5.41, 5.74) is 2.20. The second kappa shape index (κ2) is 5.02. The van der Waals surface area contributed by atoms with Crippen LogP contribution in [0.15, 0.2) is 33.3 Å². The first-order valence-electron chi connectivity index (χ1n) is 5.05. The molecule has 0 aliphatic rings. The van der Waals surface area contributed by atoms with E-state index in [1.165, 1.54) is 0 Å². The van der Waals surface area contributed by atoms with Crippen molar-refractivity contribution in [2.45, 2.75) is 13.5 Å². The van der Waals surface area contributed by atoms with Gasteiger partial charge >= 0.3 is 0 Å². The molecule has 5 heteroatoms. The van der Waals surface area contributed by atoms with Gasteiger partial charge in [0, 0.05) is 10.5 Å². The summed E-state index contributed by atoms with van der Waals surface area (Å²) in [7, 11) is 0. The summed E-state index contributed by atoms with van der Waals surface area (Å²) in [5.74, 6) is 0.776. The average Bonchev–Trinajstić information content (AvgIpc) is 2.73. The standard InChI is InChI=1S/C12H10BrN3O/c1-8-4-11(16-17-8)7-15-12-3-2-10(13)5-9(12)6-14/h2-5,15H,7H2,1H3. The van der Waals surface area contributed by atoms with E-state index in [1.54, 1.807) is 6.07 Å². The number of hydrogen-bond acceptors (Lipinski definition) is 4. The Balaban J connectivity index is 2.12. The van der Waals surface area contributed by atoms with Crippen LogP contribution in [0.25, 0.3) is 0 Å². The van der Waals surface area contributed by atoms with Gasteiger partial charge in [0.15, 0.2) is 0 Å². The van der Waals surface area contributed by atoms with E-state index in [1.807, 2.05) is 25.1 Å². The van der Waals surface area contributed by atoms with Gasteiger partial charge in [0.05, 0.1) is 17.8 Å². The summed E-state index contributed by atoms with van der Waals surface area (Å²) in [4.78, 5) is 0. The highest BCUT2D eigenvalue weighted by Crippen LogP contribution is 2.20. The lowest BCUT2D eigenvalue weighted by Gasteiger charge is -2.06. The number of halogens is 1. The smallest absolute Gasteiger partial charge is 0.133 e. The minimum Gasteiger partial charge on any atom is -0.378 e. The second-order valence-corrected chi connectivity index (χ2v) is 4.50. The first kappa shape index (κ1) is 11.7. The summed E-state index contributed by atoms with van der Waals surface area (Å²) < 4.78 is 5.85. The molecule has 1 heterocycles. The number of aromatic nitrogens is 1. The maximum Gasteiger partial charge on any atom is 0.133 e. The molecular formula is C12H10BrN3O. The van der Waals surface area contributed by atoms with Crippen LogP contribution in [-0.2, 0) is 6.54 Å². The van der Waals surface area contributed by atoms with Crippen LogP contribution >= 0.6 is 15.9 Å². The molecule has 0 radical (unpaired) electrons. The topological polar surface area (TPSA) is 61.9 Å². The van der Waals surface area contributed by atoms with Crippen LogP contribution in [0, 0.1) is 18.3 Å². The molecule has 0 saturated heterocycles. The largest absolute Gasteiger partial charge is 0.378 e. The lowest BCUT2D eigenvalue weighted by molar-refractivity contribution is 0.391. The molecule has 17 heavy (non-hydrogen) atoms. The Kier molecular flexibility index (Phi) is 3.45. The molecule has 1 aromatic heterocycles. The van der Waals surface area contributed by atoms with Gasteiger partial charge in [0.2, 0.25) is 0 Å². The predicted molar refractivity (Wildman–Crippen MR) is 67.4 cm³/mol. The van der Waals surface area contributed by atoms with Gasteiger partial charge in [-0.3, -0.25) is 0 Å². The summed E-state index contributed by atoms with van der Waals surface area (Å²) in [6.45, 7) is 2.38. The quantitative estimate of drug-likeness (QED) is 0.943. The summed E-state index contributed by atoms with van der Waals surface area (Å²) in [5, 5.41) is 16.0. The molecule has 1 N–H and O–H groups in total. The zero-order chi connectivity index (χ0) is 12.3. The van der Waals surface area contributed by atoms with Gasteiger partial charge in [-0.2, -0.15) is 5.26 Å². The average molecular weight is 292 g/mol. The first-order valence-corrected chi connectivity index (χ1v) is 5.84. The molecule has 4 nitrogen and oxygen atoms in total. The molecule has 0 amide bonds. The number of nitrogens with one attached hydrogen (secondary N) is 1. The van der Waals surface area contributed by atoms with Gasteiger partial charge in [0.25, 0.3) is 0 Å². The number of rotatable bonds is 3. The highest BCUT2D eigenvalue weighted by atomic mass is 79.9. The van der Waals surface area contributed by atoms with Crippen molar-refractivity contribution in [3.05, 3.63) is 45.8 Å². The van der Waals surface area contributed by atoms with E-state index < -0.39 is 0 Å². The Morgan fingerprint density at radius 1 is 1.47 bits per heavy atom. The van der Waals surface area contributed by atoms with Crippen LogP contribution < -0.4 is 5.32 Å². The van der Waals surface area contributed by atoms with Crippen molar-refractivity contribution < 1.29 is 4.52 Å². The van der Waals surface area contributed by atoms with Gasteiger partial charge in [-0.25, -0.2) is 0 Å². The molecule has 0 saturated carbocycles. The molecule has 86 valence electrons. The molecule has 0 atom stereocenters. The van der Waals surface area contributed by atoms with Crippen LogP contribution in [-0.4, -0.2) is 5.16 Å². The van der Waals surface area contributed by atoms with Gasteiger partial charge in [-0.05, 0) is 25.1 Å². The Morgan fingerprint density at radius 3 is 2.94 bits per heavy atom. The van der Waals surface area contributed by atoms with Crippen molar-refractivity contribution in [2.24, 2.45) is 0 Å². The third-order valence-corrected chi connectivity index (χ3v) is 2.73. The lowest BCUT2D eigenvalue weighted by Crippen LogP contribution is -2.01. The monoisotopic (exact) mass is 291 g/mol. The molecule has 2 rings (SSSR count). The summed E-state index contributed by atoms with van der Waals surface area (Å²) in [6.07, 6.45) is 0. The van der Waals surface area contributed by atoms with Crippen LogP contribution in [0.3, 0.4) is 0 Å². The molecular weight excluding hydrogens is 282 g/mol. The fourth-order valence-electron chi connectivity index (χ4n) is 1.45. The molecule has 0 bridgehead atoms. The van der Waals surface area contributed by atoms with Crippen molar-refractivity contribution in [3.63, 3.8) is 0 Å². The Labute approximate surface area is 107 Å². The number of benzene rings is 1. The molecule has 2 aromatic rings. The number of nitrogens with zero attached hydrogens (tertiary/aromatic N) is 2. The highest BCUT2D eigenvalue weighted by Gasteiger charge is 2.04. The number of anilines is 1. The maximum absolute atomic E-state index is 9.00. The van der Waals surface area contributed by atoms with Gasteiger partial charge in [0.1, 0.15) is 17.5 Å². The van der Waals surface area contributed by atoms with E-state index in [0.29, 0.717) is 12.1 Å². The van der Waals surface area contributed by atoms with Crippen LogP contribution in [0.1, 0.15) is 17.0 Å². The molecule has 1 aromatic carbocycles. The van der Waals surface area contributed by atoms with Crippen molar-refractivity contribution in [2.75, 3.05) is 5.32 Å². The number of aryl methyl sites for hydroxylation is 1. The van der Waals surface area contributed by atoms with Crippen molar-refractivity contribution >= 4 is 21.6 Å². The van der Waals surface area contributed by atoms with Gasteiger partial charge in [-0.15, -0.1) is 0 Å². The van der Waals surface area contributed by atoms with Crippen LogP contribution in [0.2, 0.25) is 0 Å². The third-order valence-electron chi connectivity index (χ3n) is 2.24. The van der Waals surface area contributed by atoms with Crippen LogP contribution in [0.4, 0.5) is 5.69 Å². The first-order chi connectivity index (χ1) is 8.19. The fraction of sp³-hybridized carbons (Fsp3) is 0.167. The third kappa shape index (κ3) is 2.86. The zero-order valence-corrected chi connectivity index (χ0v) is 10.8. The fourth-order valence-corrected chi connectivity index (χ4v) is 1.81. The zero-order valence-electron chi connectivity index (χ0n) is 9.20. The minimum absolute atomic E-state index is 0.535.